The number of benzene rings is 2. The third kappa shape index (κ3) is 3.36. The van der Waals surface area contributed by atoms with E-state index in [1.165, 1.54) is 11.8 Å². The smallest absolute Gasteiger partial charge is 0.264 e. The number of amides is 1. The van der Waals surface area contributed by atoms with E-state index in [1.54, 1.807) is 0 Å². The van der Waals surface area contributed by atoms with E-state index in [2.05, 4.69) is 23.3 Å². The number of allylic oxidation sites excluding steroid dienone is 1. The number of nitrogens with zero attached hydrogens (tertiary/aromatic N) is 1. The number of aryl methyl sites for hydroxylation is 1. The first-order valence-electron chi connectivity index (χ1n) is 7.81. The highest BCUT2D eigenvalue weighted by Gasteiger charge is 2.26. The third-order valence-electron chi connectivity index (χ3n) is 3.88. The number of carbonyl (C=O) groups is 1. The standard InChI is InChI=1S/C19H19N3OS/c1-3-13-7-4-5-10-16(13)21-19-22-18(23)17(24-19)12(2)14-8-6-9-15(20)11-14/h4-11H,3,20H2,1-2H3,(H,21,22,23)/b17-12-. The molecule has 0 aliphatic carbocycles. The second kappa shape index (κ2) is 6.93. The molecule has 0 bridgehead atoms. The number of para-hydroxylation sites is 1. The highest BCUT2D eigenvalue weighted by molar-refractivity contribution is 8.18. The van der Waals surface area contributed by atoms with E-state index in [0.29, 0.717) is 15.8 Å². The molecule has 0 saturated carbocycles. The van der Waals surface area contributed by atoms with Crippen molar-refractivity contribution < 1.29 is 4.79 Å². The molecular weight excluding hydrogens is 318 g/mol. The van der Waals surface area contributed by atoms with E-state index >= 15 is 0 Å². The van der Waals surface area contributed by atoms with Crippen LogP contribution in [0.15, 0.2) is 58.4 Å². The minimum atomic E-state index is -0.118. The highest BCUT2D eigenvalue weighted by Crippen LogP contribution is 2.33. The van der Waals surface area contributed by atoms with Gasteiger partial charge in [-0.1, -0.05) is 37.3 Å². The average molecular weight is 337 g/mol. The van der Waals surface area contributed by atoms with Crippen LogP contribution in [0.3, 0.4) is 0 Å². The number of amidine groups is 1. The van der Waals surface area contributed by atoms with E-state index in [9.17, 15) is 4.79 Å². The summed E-state index contributed by atoms with van der Waals surface area (Å²) in [6, 6.07) is 15.5. The molecule has 0 atom stereocenters. The Bertz CT molecular complexity index is 855. The van der Waals surface area contributed by atoms with Crippen LogP contribution in [0.2, 0.25) is 0 Å². The van der Waals surface area contributed by atoms with Crippen LogP contribution in [-0.2, 0) is 11.2 Å². The zero-order valence-electron chi connectivity index (χ0n) is 13.7. The second-order valence-corrected chi connectivity index (χ2v) is 6.53. The quantitative estimate of drug-likeness (QED) is 0.654. The van der Waals surface area contributed by atoms with Crippen molar-refractivity contribution in [2.24, 2.45) is 4.99 Å². The molecule has 122 valence electrons. The average Bonchev–Trinajstić information content (AvgIpc) is 2.95. The summed E-state index contributed by atoms with van der Waals surface area (Å²) in [5, 5.41) is 3.46. The molecule has 1 heterocycles. The number of hydrogen-bond donors (Lipinski definition) is 2. The summed E-state index contributed by atoms with van der Waals surface area (Å²) in [4.78, 5) is 17.6. The van der Waals surface area contributed by atoms with E-state index in [-0.39, 0.29) is 5.91 Å². The lowest BCUT2D eigenvalue weighted by molar-refractivity contribution is -0.115. The molecule has 24 heavy (non-hydrogen) atoms. The molecule has 1 aliphatic heterocycles. The minimum Gasteiger partial charge on any atom is -0.399 e. The Hall–Kier alpha value is -2.53. The van der Waals surface area contributed by atoms with E-state index in [1.807, 2.05) is 49.4 Å². The maximum Gasteiger partial charge on any atom is 0.264 e. The summed E-state index contributed by atoms with van der Waals surface area (Å²) >= 11 is 1.37. The summed E-state index contributed by atoms with van der Waals surface area (Å²) in [6.07, 6.45) is 0.899. The van der Waals surface area contributed by atoms with Crippen molar-refractivity contribution in [2.45, 2.75) is 20.3 Å². The van der Waals surface area contributed by atoms with Crippen molar-refractivity contribution in [1.29, 1.82) is 0 Å². The molecule has 1 fully saturated rings. The van der Waals surface area contributed by atoms with Gasteiger partial charge in [0.15, 0.2) is 5.17 Å². The second-order valence-electron chi connectivity index (χ2n) is 5.53. The molecule has 5 heteroatoms. The lowest BCUT2D eigenvalue weighted by atomic mass is 10.1. The number of carbonyl (C=O) groups excluding carboxylic acids is 1. The number of hydrogen-bond acceptors (Lipinski definition) is 4. The molecule has 0 spiro atoms. The van der Waals surface area contributed by atoms with Crippen LogP contribution in [0.25, 0.3) is 5.57 Å². The largest absolute Gasteiger partial charge is 0.399 e. The van der Waals surface area contributed by atoms with E-state index in [4.69, 9.17) is 5.73 Å². The Morgan fingerprint density at radius 3 is 2.75 bits per heavy atom. The summed E-state index contributed by atoms with van der Waals surface area (Å²) in [5.41, 5.74) is 10.4. The Morgan fingerprint density at radius 1 is 1.21 bits per heavy atom. The molecule has 4 nitrogen and oxygen atoms in total. The summed E-state index contributed by atoms with van der Waals surface area (Å²) < 4.78 is 0. The molecule has 3 rings (SSSR count). The minimum absolute atomic E-state index is 0.118. The van der Waals surface area contributed by atoms with Crippen molar-refractivity contribution in [2.75, 3.05) is 5.73 Å². The number of thioether (sulfide) groups is 1. The normalized spacial score (nSPS) is 17.9. The number of nitrogens with one attached hydrogen (secondary N) is 1. The molecule has 3 N–H and O–H groups in total. The molecule has 0 radical (unpaired) electrons. The molecule has 2 aromatic rings. The number of nitrogen functional groups attached to an aromatic ring is 1. The zero-order chi connectivity index (χ0) is 17.1. The third-order valence-corrected chi connectivity index (χ3v) is 4.96. The van der Waals surface area contributed by atoms with Crippen LogP contribution < -0.4 is 11.1 Å². The van der Waals surface area contributed by atoms with Gasteiger partial charge in [-0.25, -0.2) is 4.99 Å². The van der Waals surface area contributed by atoms with Gasteiger partial charge in [0.25, 0.3) is 5.91 Å². The molecule has 2 aromatic carbocycles. The Kier molecular flexibility index (Phi) is 4.71. The molecule has 0 unspecified atom stereocenters. The van der Waals surface area contributed by atoms with Crippen LogP contribution in [-0.4, -0.2) is 11.1 Å². The van der Waals surface area contributed by atoms with E-state index in [0.717, 1.165) is 28.8 Å². The van der Waals surface area contributed by atoms with Crippen LogP contribution in [0, 0.1) is 0 Å². The topological polar surface area (TPSA) is 67.5 Å². The van der Waals surface area contributed by atoms with Gasteiger partial charge in [0, 0.05) is 5.69 Å². The molecule has 1 amide bonds. The van der Waals surface area contributed by atoms with Crippen molar-refractivity contribution in [3.63, 3.8) is 0 Å². The maximum atomic E-state index is 12.3. The first-order chi connectivity index (χ1) is 11.6. The van der Waals surface area contributed by atoms with Crippen molar-refractivity contribution in [1.82, 2.24) is 5.32 Å². The van der Waals surface area contributed by atoms with Crippen molar-refractivity contribution in [3.05, 3.63) is 64.6 Å². The van der Waals surface area contributed by atoms with Gasteiger partial charge in [-0.2, -0.15) is 0 Å². The van der Waals surface area contributed by atoms with Gasteiger partial charge >= 0.3 is 0 Å². The van der Waals surface area contributed by atoms with Crippen LogP contribution >= 0.6 is 11.8 Å². The van der Waals surface area contributed by atoms with Crippen LogP contribution in [0.4, 0.5) is 11.4 Å². The first-order valence-corrected chi connectivity index (χ1v) is 8.62. The Labute approximate surface area is 145 Å². The van der Waals surface area contributed by atoms with Crippen LogP contribution in [0.5, 0.6) is 0 Å². The fraction of sp³-hybridized carbons (Fsp3) is 0.158. The molecule has 1 aliphatic rings. The van der Waals surface area contributed by atoms with Gasteiger partial charge < -0.3 is 11.1 Å². The highest BCUT2D eigenvalue weighted by atomic mass is 32.2. The molecular formula is C19H19N3OS. The predicted molar refractivity (Wildman–Crippen MR) is 102 cm³/mol. The van der Waals surface area contributed by atoms with Crippen molar-refractivity contribution in [3.8, 4) is 0 Å². The fourth-order valence-electron chi connectivity index (χ4n) is 2.55. The Morgan fingerprint density at radius 2 is 2.00 bits per heavy atom. The maximum absolute atomic E-state index is 12.3. The zero-order valence-corrected chi connectivity index (χ0v) is 14.5. The van der Waals surface area contributed by atoms with Gasteiger partial charge in [-0.3, -0.25) is 4.79 Å². The summed E-state index contributed by atoms with van der Waals surface area (Å²) in [7, 11) is 0. The number of aliphatic imine (C=N–C) groups is 1. The summed E-state index contributed by atoms with van der Waals surface area (Å²) in [5.74, 6) is -0.118. The number of anilines is 1. The van der Waals surface area contributed by atoms with Gasteiger partial charge in [-0.05, 0) is 60.0 Å². The molecule has 1 saturated heterocycles. The lowest BCUT2D eigenvalue weighted by Gasteiger charge is -2.04. The summed E-state index contributed by atoms with van der Waals surface area (Å²) in [6.45, 7) is 4.02. The number of nitrogens with two attached hydrogens (primary N) is 1. The van der Waals surface area contributed by atoms with Gasteiger partial charge in [0.2, 0.25) is 0 Å². The molecule has 0 aromatic heterocycles. The van der Waals surface area contributed by atoms with Gasteiger partial charge in [-0.15, -0.1) is 0 Å². The lowest BCUT2D eigenvalue weighted by Crippen LogP contribution is -2.19. The van der Waals surface area contributed by atoms with Gasteiger partial charge in [0.1, 0.15) is 0 Å². The SMILES string of the molecule is CCc1ccccc1N=C1NC(=O)/C(=C(\C)c2cccc(N)c2)S1. The monoisotopic (exact) mass is 337 g/mol. The predicted octanol–water partition coefficient (Wildman–Crippen LogP) is 4.11. The number of rotatable bonds is 3. The fourth-order valence-corrected chi connectivity index (χ4v) is 3.45. The van der Waals surface area contributed by atoms with Crippen LogP contribution in [0.1, 0.15) is 25.0 Å². The Balaban J connectivity index is 1.93. The first kappa shape index (κ1) is 16.3. The van der Waals surface area contributed by atoms with Crippen molar-refractivity contribution >= 4 is 39.8 Å². The van der Waals surface area contributed by atoms with Gasteiger partial charge in [0.05, 0.1) is 10.6 Å². The van der Waals surface area contributed by atoms with E-state index < -0.39 is 0 Å².